The number of nitrogens with zero attached hydrogens (tertiary/aromatic N) is 2. The molecule has 2 aromatic rings. The number of sulfonamides is 1. The van der Waals surface area contributed by atoms with Crippen molar-refractivity contribution in [3.05, 3.63) is 59.7 Å². The number of carbonyl (C=O) groups excluding carboxylic acids is 1. The molecule has 150 valence electrons. The zero-order valence-corrected chi connectivity index (χ0v) is 17.2. The highest BCUT2D eigenvalue weighted by Crippen LogP contribution is 2.18. The summed E-state index contributed by atoms with van der Waals surface area (Å²) in [4.78, 5) is 14.6. The van der Waals surface area contributed by atoms with Crippen molar-refractivity contribution in [1.82, 2.24) is 9.21 Å². The van der Waals surface area contributed by atoms with E-state index in [1.165, 1.54) is 9.87 Å². The fraction of sp³-hybridized carbons (Fsp3) is 0.381. The average molecular weight is 402 g/mol. The second kappa shape index (κ2) is 8.86. The minimum atomic E-state index is -3.48. The second-order valence-electron chi connectivity index (χ2n) is 7.09. The quantitative estimate of drug-likeness (QED) is 0.807. The summed E-state index contributed by atoms with van der Waals surface area (Å²) in [5.74, 6) is -0.0842. The number of piperazine rings is 1. The van der Waals surface area contributed by atoms with Gasteiger partial charge in [-0.3, -0.25) is 9.69 Å². The van der Waals surface area contributed by atoms with Gasteiger partial charge in [0.2, 0.25) is 15.9 Å². The van der Waals surface area contributed by atoms with E-state index in [4.69, 9.17) is 0 Å². The largest absolute Gasteiger partial charge is 0.325 e. The van der Waals surface area contributed by atoms with Crippen LogP contribution in [0.15, 0.2) is 53.4 Å². The van der Waals surface area contributed by atoms with Gasteiger partial charge in [-0.15, -0.1) is 0 Å². The SMILES string of the molecule is CCc1ccc(NC(=O)CN2CCN(S(=O)(=O)c3ccc(C)cc3)CC2)cc1. The van der Waals surface area contributed by atoms with Crippen LogP contribution < -0.4 is 5.32 Å². The predicted octanol–water partition coefficient (Wildman–Crippen LogP) is 2.50. The average Bonchev–Trinajstić information content (AvgIpc) is 2.69. The molecule has 0 unspecified atom stereocenters. The molecule has 3 rings (SSSR count). The fourth-order valence-corrected chi connectivity index (χ4v) is 4.64. The first-order chi connectivity index (χ1) is 13.4. The number of amides is 1. The van der Waals surface area contributed by atoms with Crippen molar-refractivity contribution in [1.29, 1.82) is 0 Å². The number of aryl methyl sites for hydroxylation is 2. The van der Waals surface area contributed by atoms with E-state index in [9.17, 15) is 13.2 Å². The molecule has 0 aromatic heterocycles. The first-order valence-corrected chi connectivity index (χ1v) is 11.0. The molecule has 0 bridgehead atoms. The Balaban J connectivity index is 1.51. The molecule has 1 heterocycles. The van der Waals surface area contributed by atoms with Gasteiger partial charge in [-0.2, -0.15) is 4.31 Å². The highest BCUT2D eigenvalue weighted by Gasteiger charge is 2.28. The Morgan fingerprint density at radius 1 is 0.964 bits per heavy atom. The first kappa shape index (κ1) is 20.5. The summed E-state index contributed by atoms with van der Waals surface area (Å²) in [7, 11) is -3.48. The van der Waals surface area contributed by atoms with E-state index in [0.29, 0.717) is 31.1 Å². The summed E-state index contributed by atoms with van der Waals surface area (Å²) >= 11 is 0. The molecule has 0 saturated carbocycles. The van der Waals surface area contributed by atoms with Gasteiger partial charge in [-0.1, -0.05) is 36.8 Å². The van der Waals surface area contributed by atoms with Crippen molar-refractivity contribution in [3.8, 4) is 0 Å². The Hall–Kier alpha value is -2.22. The second-order valence-corrected chi connectivity index (χ2v) is 9.03. The molecule has 6 nitrogen and oxygen atoms in total. The van der Waals surface area contributed by atoms with E-state index in [0.717, 1.165) is 17.7 Å². The lowest BCUT2D eigenvalue weighted by molar-refractivity contribution is -0.117. The normalized spacial score (nSPS) is 16.1. The third-order valence-corrected chi connectivity index (χ3v) is 6.92. The van der Waals surface area contributed by atoms with Crippen LogP contribution in [0.2, 0.25) is 0 Å². The minimum Gasteiger partial charge on any atom is -0.325 e. The van der Waals surface area contributed by atoms with Crippen LogP contribution in [0.1, 0.15) is 18.1 Å². The van der Waals surface area contributed by atoms with E-state index >= 15 is 0 Å². The molecule has 7 heteroatoms. The van der Waals surface area contributed by atoms with Crippen LogP contribution in [0.4, 0.5) is 5.69 Å². The van der Waals surface area contributed by atoms with Gasteiger partial charge in [0.05, 0.1) is 11.4 Å². The van der Waals surface area contributed by atoms with Crippen LogP contribution in [-0.2, 0) is 21.2 Å². The summed E-state index contributed by atoms with van der Waals surface area (Å²) in [5.41, 5.74) is 3.03. The first-order valence-electron chi connectivity index (χ1n) is 9.56. The summed E-state index contributed by atoms with van der Waals surface area (Å²) in [6.45, 7) is 6.11. The molecule has 0 spiro atoms. The molecule has 1 aliphatic rings. The summed E-state index contributed by atoms with van der Waals surface area (Å²) < 4.78 is 27.0. The van der Waals surface area contributed by atoms with Gasteiger partial charge in [-0.05, 0) is 43.2 Å². The number of hydrogen-bond acceptors (Lipinski definition) is 4. The maximum absolute atomic E-state index is 12.7. The molecular formula is C21H27N3O3S. The molecule has 1 saturated heterocycles. The van der Waals surface area contributed by atoms with Crippen molar-refractivity contribution in [2.75, 3.05) is 38.0 Å². The number of anilines is 1. The van der Waals surface area contributed by atoms with Crippen LogP contribution >= 0.6 is 0 Å². The lowest BCUT2D eigenvalue weighted by atomic mass is 10.1. The number of hydrogen-bond donors (Lipinski definition) is 1. The number of carbonyl (C=O) groups is 1. The number of benzene rings is 2. The maximum atomic E-state index is 12.7. The van der Waals surface area contributed by atoms with E-state index in [2.05, 4.69) is 12.2 Å². The van der Waals surface area contributed by atoms with Gasteiger partial charge in [0, 0.05) is 31.9 Å². The van der Waals surface area contributed by atoms with E-state index in [1.807, 2.05) is 36.1 Å². The van der Waals surface area contributed by atoms with Crippen LogP contribution in [-0.4, -0.2) is 56.3 Å². The summed E-state index contributed by atoms with van der Waals surface area (Å²) in [6.07, 6.45) is 0.962. The lowest BCUT2D eigenvalue weighted by Crippen LogP contribution is -2.50. The lowest BCUT2D eigenvalue weighted by Gasteiger charge is -2.33. The third-order valence-electron chi connectivity index (χ3n) is 5.00. The highest BCUT2D eigenvalue weighted by molar-refractivity contribution is 7.89. The van der Waals surface area contributed by atoms with Crippen LogP contribution in [0, 0.1) is 6.92 Å². The molecule has 2 aromatic carbocycles. The van der Waals surface area contributed by atoms with E-state index < -0.39 is 10.0 Å². The van der Waals surface area contributed by atoms with Gasteiger partial charge in [0.1, 0.15) is 0 Å². The Morgan fingerprint density at radius 2 is 1.57 bits per heavy atom. The summed E-state index contributed by atoms with van der Waals surface area (Å²) in [6, 6.07) is 14.7. The van der Waals surface area contributed by atoms with Crippen LogP contribution in [0.5, 0.6) is 0 Å². The Kier molecular flexibility index (Phi) is 6.49. The van der Waals surface area contributed by atoms with Crippen molar-refractivity contribution in [2.45, 2.75) is 25.2 Å². The molecule has 0 aliphatic carbocycles. The molecule has 1 amide bonds. The highest BCUT2D eigenvalue weighted by atomic mass is 32.2. The molecule has 0 atom stereocenters. The van der Waals surface area contributed by atoms with E-state index in [-0.39, 0.29) is 12.5 Å². The van der Waals surface area contributed by atoms with Gasteiger partial charge < -0.3 is 5.32 Å². The zero-order valence-electron chi connectivity index (χ0n) is 16.4. The Bertz CT molecular complexity index is 901. The zero-order chi connectivity index (χ0) is 20.1. The van der Waals surface area contributed by atoms with Crippen molar-refractivity contribution >= 4 is 21.6 Å². The van der Waals surface area contributed by atoms with Crippen molar-refractivity contribution in [3.63, 3.8) is 0 Å². The predicted molar refractivity (Wildman–Crippen MR) is 111 cm³/mol. The Morgan fingerprint density at radius 3 is 2.14 bits per heavy atom. The summed E-state index contributed by atoms with van der Waals surface area (Å²) in [5, 5.41) is 2.90. The van der Waals surface area contributed by atoms with Gasteiger partial charge >= 0.3 is 0 Å². The molecule has 28 heavy (non-hydrogen) atoms. The Labute approximate surface area is 167 Å². The van der Waals surface area contributed by atoms with Crippen LogP contribution in [0.3, 0.4) is 0 Å². The molecule has 1 fully saturated rings. The minimum absolute atomic E-state index is 0.0842. The van der Waals surface area contributed by atoms with E-state index in [1.54, 1.807) is 24.3 Å². The molecule has 1 N–H and O–H groups in total. The van der Waals surface area contributed by atoms with Gasteiger partial charge in [0.15, 0.2) is 0 Å². The maximum Gasteiger partial charge on any atom is 0.243 e. The smallest absolute Gasteiger partial charge is 0.243 e. The van der Waals surface area contributed by atoms with Crippen LogP contribution in [0.25, 0.3) is 0 Å². The monoisotopic (exact) mass is 401 g/mol. The standard InChI is InChI=1S/C21H27N3O3S/c1-3-18-6-8-19(9-7-18)22-21(25)16-23-12-14-24(15-13-23)28(26,27)20-10-4-17(2)5-11-20/h4-11H,3,12-16H2,1-2H3,(H,22,25). The number of rotatable bonds is 6. The fourth-order valence-electron chi connectivity index (χ4n) is 3.21. The number of nitrogens with one attached hydrogen (secondary N) is 1. The molecule has 1 aliphatic heterocycles. The topological polar surface area (TPSA) is 69.7 Å². The van der Waals surface area contributed by atoms with Gasteiger partial charge in [0.25, 0.3) is 0 Å². The third kappa shape index (κ3) is 4.98. The molecular weight excluding hydrogens is 374 g/mol. The molecule has 0 radical (unpaired) electrons. The van der Waals surface area contributed by atoms with Crippen molar-refractivity contribution < 1.29 is 13.2 Å². The van der Waals surface area contributed by atoms with Gasteiger partial charge in [-0.25, -0.2) is 8.42 Å². The van der Waals surface area contributed by atoms with Crippen molar-refractivity contribution in [2.24, 2.45) is 0 Å².